The van der Waals surface area contributed by atoms with Crippen LogP contribution >= 0.6 is 0 Å². The van der Waals surface area contributed by atoms with E-state index in [1.165, 1.54) is 0 Å². The fourth-order valence-corrected chi connectivity index (χ4v) is 1.89. The van der Waals surface area contributed by atoms with Gasteiger partial charge < -0.3 is 9.84 Å². The van der Waals surface area contributed by atoms with E-state index < -0.39 is 0 Å². The van der Waals surface area contributed by atoms with Crippen LogP contribution in [0.25, 0.3) is 11.1 Å². The van der Waals surface area contributed by atoms with E-state index in [1.54, 1.807) is 12.1 Å². The highest BCUT2D eigenvalue weighted by Crippen LogP contribution is 2.19. The molecule has 0 heterocycles. The Hall–Kier alpha value is -2.13. The topological polar surface area (TPSA) is 46.5 Å². The molecular weight excluding hydrogens is 300 g/mol. The molecule has 0 bridgehead atoms. The lowest BCUT2D eigenvalue weighted by Crippen LogP contribution is -2.06. The molecule has 3 heteroatoms. The third-order valence-electron chi connectivity index (χ3n) is 3.01. The number of aliphatic hydroxyl groups excluding tert-OH is 1. The van der Waals surface area contributed by atoms with E-state index in [4.69, 9.17) is 9.84 Å². The molecule has 2 aromatic carbocycles. The van der Waals surface area contributed by atoms with Gasteiger partial charge >= 0.3 is 5.97 Å². The van der Waals surface area contributed by atoms with Gasteiger partial charge in [0.2, 0.25) is 0 Å². The summed E-state index contributed by atoms with van der Waals surface area (Å²) in [5.41, 5.74) is 2.74. The SMILES string of the molecule is CC.CC.O=C(OCCCCO)c1ccc(-c2ccccc2)cc1. The number of hydrogen-bond donors (Lipinski definition) is 1. The van der Waals surface area contributed by atoms with Crippen LogP contribution < -0.4 is 0 Å². The van der Waals surface area contributed by atoms with Crippen LogP contribution in [0.2, 0.25) is 0 Å². The van der Waals surface area contributed by atoms with Gasteiger partial charge in [0.05, 0.1) is 12.2 Å². The van der Waals surface area contributed by atoms with Crippen molar-refractivity contribution in [2.75, 3.05) is 13.2 Å². The Labute approximate surface area is 146 Å². The number of unbranched alkanes of at least 4 members (excludes halogenated alkanes) is 1. The molecule has 0 fully saturated rings. The first-order valence-electron chi connectivity index (χ1n) is 8.75. The van der Waals surface area contributed by atoms with Gasteiger partial charge in [-0.05, 0) is 36.1 Å². The highest BCUT2D eigenvalue weighted by Gasteiger charge is 2.07. The minimum Gasteiger partial charge on any atom is -0.462 e. The smallest absolute Gasteiger partial charge is 0.338 e. The Morgan fingerprint density at radius 3 is 1.92 bits per heavy atom. The molecule has 0 amide bonds. The second-order valence-electron chi connectivity index (χ2n) is 4.51. The monoisotopic (exact) mass is 330 g/mol. The average molecular weight is 330 g/mol. The molecule has 0 unspecified atom stereocenters. The highest BCUT2D eigenvalue weighted by molar-refractivity contribution is 5.90. The molecule has 0 aliphatic heterocycles. The van der Waals surface area contributed by atoms with Crippen LogP contribution in [-0.4, -0.2) is 24.3 Å². The number of benzene rings is 2. The summed E-state index contributed by atoms with van der Waals surface area (Å²) >= 11 is 0. The van der Waals surface area contributed by atoms with Crippen LogP contribution in [0.15, 0.2) is 54.6 Å². The number of carbonyl (C=O) groups excluding carboxylic acids is 1. The van der Waals surface area contributed by atoms with Crippen molar-refractivity contribution in [2.24, 2.45) is 0 Å². The fourth-order valence-electron chi connectivity index (χ4n) is 1.89. The summed E-state index contributed by atoms with van der Waals surface area (Å²) in [5.74, 6) is -0.317. The van der Waals surface area contributed by atoms with Crippen LogP contribution in [0, 0.1) is 0 Å². The number of hydrogen-bond acceptors (Lipinski definition) is 3. The van der Waals surface area contributed by atoms with Crippen LogP contribution in [0.3, 0.4) is 0 Å². The minimum atomic E-state index is -0.317. The lowest BCUT2D eigenvalue weighted by Gasteiger charge is -2.05. The maximum Gasteiger partial charge on any atom is 0.338 e. The molecule has 0 saturated heterocycles. The summed E-state index contributed by atoms with van der Waals surface area (Å²) in [6.45, 7) is 8.48. The van der Waals surface area contributed by atoms with Gasteiger partial charge in [0.25, 0.3) is 0 Å². The van der Waals surface area contributed by atoms with Crippen molar-refractivity contribution < 1.29 is 14.6 Å². The standard InChI is InChI=1S/C17H18O3.2C2H6/c18-12-4-5-13-20-17(19)16-10-8-15(9-11-16)14-6-2-1-3-7-14;2*1-2/h1-3,6-11,18H,4-5,12-13H2;2*1-2H3. The molecule has 1 N–H and O–H groups in total. The molecule has 0 spiro atoms. The average Bonchev–Trinajstić information content (AvgIpc) is 2.69. The predicted octanol–water partition coefficient (Wildman–Crippen LogP) is 5.34. The third kappa shape index (κ3) is 7.93. The Balaban J connectivity index is 0.00000123. The highest BCUT2D eigenvalue weighted by atomic mass is 16.5. The third-order valence-corrected chi connectivity index (χ3v) is 3.01. The zero-order chi connectivity index (χ0) is 18.2. The van der Waals surface area contributed by atoms with Crippen molar-refractivity contribution in [3.63, 3.8) is 0 Å². The van der Waals surface area contributed by atoms with E-state index in [1.807, 2.05) is 70.2 Å². The molecule has 2 aromatic rings. The number of carbonyl (C=O) groups is 1. The Kier molecular flexibility index (Phi) is 13.2. The normalized spacial score (nSPS) is 9.04. The summed E-state index contributed by atoms with van der Waals surface area (Å²) in [6, 6.07) is 17.4. The quantitative estimate of drug-likeness (QED) is 0.575. The number of aliphatic hydroxyl groups is 1. The molecule has 3 nitrogen and oxygen atoms in total. The maximum atomic E-state index is 11.8. The first kappa shape index (κ1) is 21.9. The predicted molar refractivity (Wildman–Crippen MR) is 101 cm³/mol. The molecule has 0 aliphatic rings. The van der Waals surface area contributed by atoms with Gasteiger partial charge in [-0.2, -0.15) is 0 Å². The maximum absolute atomic E-state index is 11.8. The number of esters is 1. The molecule has 0 aliphatic carbocycles. The van der Waals surface area contributed by atoms with Crippen LogP contribution in [0.4, 0.5) is 0 Å². The van der Waals surface area contributed by atoms with Gasteiger partial charge in [-0.25, -0.2) is 4.79 Å². The van der Waals surface area contributed by atoms with Gasteiger partial charge in [-0.3, -0.25) is 0 Å². The van der Waals surface area contributed by atoms with Gasteiger partial charge in [0, 0.05) is 6.61 Å². The van der Waals surface area contributed by atoms with Gasteiger partial charge in [0.1, 0.15) is 0 Å². The lowest BCUT2D eigenvalue weighted by molar-refractivity contribution is 0.0492. The van der Waals surface area contributed by atoms with Crippen molar-refractivity contribution >= 4 is 5.97 Å². The fraction of sp³-hybridized carbons (Fsp3) is 0.381. The molecule has 2 rings (SSSR count). The Morgan fingerprint density at radius 2 is 1.38 bits per heavy atom. The van der Waals surface area contributed by atoms with E-state index >= 15 is 0 Å². The Bertz CT molecular complexity index is 533. The van der Waals surface area contributed by atoms with Gasteiger partial charge in [-0.15, -0.1) is 0 Å². The lowest BCUT2D eigenvalue weighted by atomic mass is 10.0. The van der Waals surface area contributed by atoms with Gasteiger partial charge in [-0.1, -0.05) is 70.2 Å². The zero-order valence-electron chi connectivity index (χ0n) is 15.3. The van der Waals surface area contributed by atoms with E-state index in [2.05, 4.69) is 0 Å². The summed E-state index contributed by atoms with van der Waals surface area (Å²) in [7, 11) is 0. The summed E-state index contributed by atoms with van der Waals surface area (Å²) in [6.07, 6.45) is 1.34. The van der Waals surface area contributed by atoms with Crippen LogP contribution in [0.5, 0.6) is 0 Å². The Morgan fingerprint density at radius 1 is 0.833 bits per heavy atom. The molecule has 24 heavy (non-hydrogen) atoms. The van der Waals surface area contributed by atoms with Gasteiger partial charge in [0.15, 0.2) is 0 Å². The summed E-state index contributed by atoms with van der Waals surface area (Å²) in [5, 5.41) is 8.65. The van der Waals surface area contributed by atoms with E-state index in [9.17, 15) is 4.79 Å². The number of rotatable bonds is 6. The zero-order valence-corrected chi connectivity index (χ0v) is 15.3. The van der Waals surface area contributed by atoms with E-state index in [0.717, 1.165) is 11.1 Å². The van der Waals surface area contributed by atoms with Crippen LogP contribution in [0.1, 0.15) is 50.9 Å². The first-order chi connectivity index (χ1) is 11.8. The second-order valence-corrected chi connectivity index (χ2v) is 4.51. The molecule has 0 saturated carbocycles. The number of ether oxygens (including phenoxy) is 1. The summed E-state index contributed by atoms with van der Waals surface area (Å²) in [4.78, 5) is 11.8. The second kappa shape index (κ2) is 14.5. The molecule has 0 radical (unpaired) electrons. The molecular formula is C21H30O3. The van der Waals surface area contributed by atoms with Crippen molar-refractivity contribution in [3.05, 3.63) is 60.2 Å². The van der Waals surface area contributed by atoms with Crippen molar-refractivity contribution in [1.82, 2.24) is 0 Å². The minimum absolute atomic E-state index is 0.128. The van der Waals surface area contributed by atoms with Crippen LogP contribution in [-0.2, 0) is 4.74 Å². The molecule has 0 aromatic heterocycles. The van der Waals surface area contributed by atoms with E-state index in [0.29, 0.717) is 25.0 Å². The molecule has 132 valence electrons. The van der Waals surface area contributed by atoms with Crippen molar-refractivity contribution in [2.45, 2.75) is 40.5 Å². The largest absolute Gasteiger partial charge is 0.462 e. The molecule has 0 atom stereocenters. The summed E-state index contributed by atoms with van der Waals surface area (Å²) < 4.78 is 5.13. The van der Waals surface area contributed by atoms with Crippen molar-refractivity contribution in [1.29, 1.82) is 0 Å². The van der Waals surface area contributed by atoms with E-state index in [-0.39, 0.29) is 12.6 Å². The first-order valence-corrected chi connectivity index (χ1v) is 8.75. The van der Waals surface area contributed by atoms with Crippen molar-refractivity contribution in [3.8, 4) is 11.1 Å².